The zero-order valence-corrected chi connectivity index (χ0v) is 22.3. The number of halogens is 1. The van der Waals surface area contributed by atoms with Crippen LogP contribution in [-0.2, 0) is 0 Å². The Morgan fingerprint density at radius 3 is 1.86 bits per heavy atom. The van der Waals surface area contributed by atoms with Gasteiger partial charge in [0.25, 0.3) is 0 Å². The summed E-state index contributed by atoms with van der Waals surface area (Å²) in [6, 6.07) is 14.5. The third kappa shape index (κ3) is 6.40. The van der Waals surface area contributed by atoms with Gasteiger partial charge in [-0.1, -0.05) is 12.2 Å². The first-order valence-electron chi connectivity index (χ1n) is 10.9. The van der Waals surface area contributed by atoms with Gasteiger partial charge in [0.15, 0.2) is 23.0 Å². The van der Waals surface area contributed by atoms with Crippen LogP contribution in [-0.4, -0.2) is 41.3 Å². The van der Waals surface area contributed by atoms with E-state index in [0.717, 1.165) is 15.6 Å². The van der Waals surface area contributed by atoms with Crippen LogP contribution in [0.15, 0.2) is 65.3 Å². The normalized spacial score (nSPS) is 10.9. The fraction of sp³-hybridized carbons (Fsp3) is 0.179. The Bertz CT molecular complexity index is 1240. The molecule has 0 spiro atoms. The zero-order valence-electron chi connectivity index (χ0n) is 20.8. The van der Waals surface area contributed by atoms with Gasteiger partial charge in [-0.05, 0) is 75.6 Å². The predicted octanol–water partition coefficient (Wildman–Crippen LogP) is 6.47. The van der Waals surface area contributed by atoms with E-state index in [1.54, 1.807) is 66.0 Å². The van der Waals surface area contributed by atoms with Gasteiger partial charge in [0.2, 0.25) is 5.75 Å². The maximum atomic E-state index is 12.5. The van der Waals surface area contributed by atoms with Gasteiger partial charge in [0.1, 0.15) is 5.75 Å². The molecule has 0 saturated carbocycles. The van der Waals surface area contributed by atoms with Crippen molar-refractivity contribution in [2.75, 3.05) is 40.9 Å². The second-order valence-corrected chi connectivity index (χ2v) is 8.30. The molecule has 1 N–H and O–H groups in total. The number of rotatable bonds is 11. The summed E-state index contributed by atoms with van der Waals surface area (Å²) in [7, 11) is 7.90. The van der Waals surface area contributed by atoms with Crippen molar-refractivity contribution in [2.24, 2.45) is 0 Å². The molecule has 3 aromatic rings. The minimum atomic E-state index is -0.137. The summed E-state index contributed by atoms with van der Waals surface area (Å²) < 4.78 is 27.7. The average molecular weight is 554 g/mol. The number of ether oxygens (including phenoxy) is 5. The number of allylic oxidation sites excluding steroid dienone is 1. The number of anilines is 1. The molecular formula is C28H28BrNO6. The van der Waals surface area contributed by atoms with Crippen molar-refractivity contribution >= 4 is 39.6 Å². The van der Waals surface area contributed by atoms with E-state index in [-0.39, 0.29) is 5.78 Å². The first-order valence-corrected chi connectivity index (χ1v) is 11.7. The maximum Gasteiger partial charge on any atom is 0.203 e. The Morgan fingerprint density at radius 2 is 1.33 bits per heavy atom. The smallest absolute Gasteiger partial charge is 0.203 e. The topological polar surface area (TPSA) is 75.3 Å². The molecule has 0 aliphatic heterocycles. The minimum absolute atomic E-state index is 0.137. The van der Waals surface area contributed by atoms with E-state index in [0.29, 0.717) is 40.0 Å². The van der Waals surface area contributed by atoms with Gasteiger partial charge >= 0.3 is 0 Å². The lowest BCUT2D eigenvalue weighted by atomic mass is 10.1. The Morgan fingerprint density at radius 1 is 0.750 bits per heavy atom. The third-order valence-electron chi connectivity index (χ3n) is 5.27. The van der Waals surface area contributed by atoms with Crippen LogP contribution in [0.2, 0.25) is 0 Å². The van der Waals surface area contributed by atoms with Crippen LogP contribution in [0.1, 0.15) is 21.5 Å². The molecular weight excluding hydrogens is 526 g/mol. The highest BCUT2D eigenvalue weighted by Crippen LogP contribution is 2.39. The molecule has 0 fully saturated rings. The van der Waals surface area contributed by atoms with Crippen LogP contribution in [0, 0.1) is 0 Å². The van der Waals surface area contributed by atoms with E-state index >= 15 is 0 Å². The Labute approximate surface area is 219 Å². The Hall–Kier alpha value is -3.91. The molecule has 0 atom stereocenters. The Kier molecular flexibility index (Phi) is 9.41. The molecule has 0 amide bonds. The Balaban J connectivity index is 1.83. The lowest BCUT2D eigenvalue weighted by Crippen LogP contribution is -1.98. The van der Waals surface area contributed by atoms with Gasteiger partial charge in [-0.15, -0.1) is 0 Å². The van der Waals surface area contributed by atoms with Crippen molar-refractivity contribution in [2.45, 2.75) is 0 Å². The summed E-state index contributed by atoms with van der Waals surface area (Å²) in [5.41, 5.74) is 3.02. The highest BCUT2D eigenvalue weighted by atomic mass is 79.9. The summed E-state index contributed by atoms with van der Waals surface area (Å²) in [4.78, 5) is 12.5. The number of hydrogen-bond acceptors (Lipinski definition) is 7. The first kappa shape index (κ1) is 26.7. The van der Waals surface area contributed by atoms with Crippen molar-refractivity contribution in [3.8, 4) is 28.7 Å². The molecule has 8 heteroatoms. The fourth-order valence-electron chi connectivity index (χ4n) is 3.47. The quantitative estimate of drug-likeness (QED) is 0.165. The number of nitrogens with one attached hydrogen (secondary N) is 1. The number of benzene rings is 3. The number of ketones is 1. The van der Waals surface area contributed by atoms with Gasteiger partial charge in [0.05, 0.1) is 45.7 Å². The SMILES string of the molecule is COc1ccc(C(=O)/C=C\Nc2cc(/C=C\c3cc(OC)c(OC)c(OC)c3)cc(Br)c2OC)cc1. The standard InChI is InChI=1S/C28H28BrNO6/c1-32-21-10-8-20(9-11-21)24(31)12-13-30-23-15-18(14-22(29)27(23)35-4)6-7-19-16-25(33-2)28(36-5)26(17-19)34-3/h6-17,30H,1-5H3/b7-6-,13-12-. The van der Waals surface area contributed by atoms with E-state index in [1.807, 2.05) is 36.4 Å². The predicted molar refractivity (Wildman–Crippen MR) is 146 cm³/mol. The molecule has 0 radical (unpaired) electrons. The van der Waals surface area contributed by atoms with Gasteiger partial charge in [0, 0.05) is 17.8 Å². The van der Waals surface area contributed by atoms with Crippen molar-refractivity contribution in [1.82, 2.24) is 0 Å². The number of carbonyl (C=O) groups excluding carboxylic acids is 1. The van der Waals surface area contributed by atoms with E-state index < -0.39 is 0 Å². The van der Waals surface area contributed by atoms with Crippen LogP contribution in [0.4, 0.5) is 5.69 Å². The molecule has 36 heavy (non-hydrogen) atoms. The summed E-state index contributed by atoms with van der Waals surface area (Å²) in [6.45, 7) is 0. The summed E-state index contributed by atoms with van der Waals surface area (Å²) in [5.74, 6) is 2.84. The van der Waals surface area contributed by atoms with E-state index in [9.17, 15) is 4.79 Å². The molecule has 0 aliphatic rings. The summed E-state index contributed by atoms with van der Waals surface area (Å²) in [5, 5.41) is 3.15. The van der Waals surface area contributed by atoms with Gasteiger partial charge in [-0.2, -0.15) is 0 Å². The molecule has 0 saturated heterocycles. The lowest BCUT2D eigenvalue weighted by Gasteiger charge is -2.13. The second-order valence-electron chi connectivity index (χ2n) is 7.45. The number of carbonyl (C=O) groups is 1. The molecule has 0 bridgehead atoms. The van der Waals surface area contributed by atoms with Crippen molar-refractivity contribution in [3.05, 3.63) is 82.0 Å². The molecule has 3 aromatic carbocycles. The largest absolute Gasteiger partial charge is 0.497 e. The molecule has 7 nitrogen and oxygen atoms in total. The highest BCUT2D eigenvalue weighted by molar-refractivity contribution is 9.10. The first-order chi connectivity index (χ1) is 17.4. The average Bonchev–Trinajstić information content (AvgIpc) is 2.91. The van der Waals surface area contributed by atoms with Crippen LogP contribution >= 0.6 is 15.9 Å². The van der Waals surface area contributed by atoms with E-state index in [1.165, 1.54) is 6.08 Å². The monoisotopic (exact) mass is 553 g/mol. The molecule has 0 heterocycles. The van der Waals surface area contributed by atoms with E-state index in [2.05, 4.69) is 21.2 Å². The minimum Gasteiger partial charge on any atom is -0.497 e. The zero-order chi connectivity index (χ0) is 26.1. The summed E-state index contributed by atoms with van der Waals surface area (Å²) >= 11 is 3.56. The lowest BCUT2D eigenvalue weighted by molar-refractivity contribution is 0.104. The third-order valence-corrected chi connectivity index (χ3v) is 5.86. The van der Waals surface area contributed by atoms with Crippen molar-refractivity contribution in [1.29, 1.82) is 0 Å². The second kappa shape index (κ2) is 12.7. The highest BCUT2D eigenvalue weighted by Gasteiger charge is 2.13. The van der Waals surface area contributed by atoms with E-state index in [4.69, 9.17) is 23.7 Å². The molecule has 188 valence electrons. The van der Waals surface area contributed by atoms with Gasteiger partial charge < -0.3 is 29.0 Å². The maximum absolute atomic E-state index is 12.5. The van der Waals surface area contributed by atoms with Crippen molar-refractivity contribution < 1.29 is 28.5 Å². The fourth-order valence-corrected chi connectivity index (χ4v) is 4.11. The van der Waals surface area contributed by atoms with Crippen molar-refractivity contribution in [3.63, 3.8) is 0 Å². The number of methoxy groups -OCH3 is 5. The molecule has 0 aliphatic carbocycles. The summed E-state index contributed by atoms with van der Waals surface area (Å²) in [6.07, 6.45) is 6.94. The number of hydrogen-bond donors (Lipinski definition) is 1. The van der Waals surface area contributed by atoms with Crippen LogP contribution < -0.4 is 29.0 Å². The van der Waals surface area contributed by atoms with Crippen LogP contribution in [0.25, 0.3) is 12.2 Å². The molecule has 3 rings (SSSR count). The van der Waals surface area contributed by atoms with Crippen LogP contribution in [0.3, 0.4) is 0 Å². The van der Waals surface area contributed by atoms with Gasteiger partial charge in [-0.3, -0.25) is 4.79 Å². The molecule has 0 aromatic heterocycles. The van der Waals surface area contributed by atoms with Gasteiger partial charge in [-0.25, -0.2) is 0 Å². The van der Waals surface area contributed by atoms with Crippen LogP contribution in [0.5, 0.6) is 28.7 Å². The molecule has 0 unspecified atom stereocenters.